The Balaban J connectivity index is 3.77. The van der Waals surface area contributed by atoms with E-state index >= 15 is 0 Å². The fourth-order valence-electron chi connectivity index (χ4n) is 1.06. The molecule has 0 saturated carbocycles. The van der Waals surface area contributed by atoms with Crippen molar-refractivity contribution < 1.29 is 22.1 Å². The van der Waals surface area contributed by atoms with Crippen molar-refractivity contribution in [2.45, 2.75) is 11.3 Å². The van der Waals surface area contributed by atoms with Gasteiger partial charge in [-0.05, 0) is 28.7 Å². The number of halogens is 3. The molecule has 2 N–H and O–H groups in total. The van der Waals surface area contributed by atoms with Gasteiger partial charge in [0.05, 0.1) is 4.92 Å². The molecule has 0 atom stereocenters. The molecule has 0 amide bonds. The Morgan fingerprint density at radius 2 is 2.06 bits per heavy atom. The summed E-state index contributed by atoms with van der Waals surface area (Å²) in [4.78, 5) is 11.6. The molecule has 11 heteroatoms. The highest BCUT2D eigenvalue weighted by Crippen LogP contribution is 2.33. The molecule has 0 aliphatic heterocycles. The molecule has 7 nitrogen and oxygen atoms in total. The summed E-state index contributed by atoms with van der Waals surface area (Å²) in [5.41, 5.74) is -2.51. The van der Waals surface area contributed by atoms with Crippen LogP contribution in [0.25, 0.3) is 0 Å². The number of nitrogens with two attached hydrogens (primary N) is 1. The summed E-state index contributed by atoms with van der Waals surface area (Å²) in [6.07, 6.45) is -3.27. The first-order chi connectivity index (χ1) is 7.64. The van der Waals surface area contributed by atoms with Gasteiger partial charge in [-0.1, -0.05) is 0 Å². The number of nitro groups is 1. The van der Waals surface area contributed by atoms with Crippen LogP contribution in [0, 0.1) is 13.8 Å². The van der Waals surface area contributed by atoms with Crippen molar-refractivity contribution in [1.29, 1.82) is 0 Å². The van der Waals surface area contributed by atoms with Gasteiger partial charge in [-0.3, -0.25) is 10.1 Å². The van der Waals surface area contributed by atoms with Crippen molar-refractivity contribution in [2.24, 2.45) is 5.14 Å². The van der Waals surface area contributed by atoms with E-state index < -0.39 is 37.6 Å². The third-order valence-corrected chi connectivity index (χ3v) is 3.13. The van der Waals surface area contributed by atoms with Gasteiger partial charge < -0.3 is 0 Å². The second-order valence-corrected chi connectivity index (χ2v) is 5.41. The zero-order valence-corrected chi connectivity index (χ0v) is 10.8. The molecule has 1 heterocycles. The van der Waals surface area contributed by atoms with Crippen molar-refractivity contribution in [1.82, 2.24) is 4.98 Å². The number of rotatable bonds is 3. The fraction of sp³-hybridized carbons (Fsp3) is 0.167. The summed E-state index contributed by atoms with van der Waals surface area (Å²) >= 11 is 1.46. The minimum Gasteiger partial charge on any atom is -0.258 e. The van der Waals surface area contributed by atoms with Gasteiger partial charge in [0, 0.05) is 0 Å². The monoisotopic (exact) mass is 379 g/mol. The maximum Gasteiger partial charge on any atom is 0.316 e. The van der Waals surface area contributed by atoms with E-state index in [1.54, 1.807) is 0 Å². The number of aromatic nitrogens is 1. The van der Waals surface area contributed by atoms with Gasteiger partial charge in [-0.15, -0.1) is 0 Å². The smallest absolute Gasteiger partial charge is 0.258 e. The number of pyridine rings is 1. The zero-order chi connectivity index (χ0) is 13.4. The number of alkyl halides is 2. The molecule has 1 rings (SSSR count). The maximum atomic E-state index is 12.5. The number of hydrogen-bond acceptors (Lipinski definition) is 5. The molecule has 0 saturated heterocycles. The van der Waals surface area contributed by atoms with Gasteiger partial charge in [0.25, 0.3) is 6.43 Å². The van der Waals surface area contributed by atoms with Crippen molar-refractivity contribution in [3.8, 4) is 0 Å². The average Bonchev–Trinajstić information content (AvgIpc) is 2.14. The second-order valence-electron chi connectivity index (χ2n) is 2.78. The number of nitrogens with zero attached hydrogens (tertiary/aromatic N) is 2. The van der Waals surface area contributed by atoms with Crippen LogP contribution in [-0.4, -0.2) is 18.3 Å². The Labute approximate surface area is 107 Å². The van der Waals surface area contributed by atoms with Crippen LogP contribution in [0.4, 0.5) is 14.5 Å². The Kier molecular flexibility index (Phi) is 3.93. The predicted octanol–water partition coefficient (Wildman–Crippen LogP) is 1.18. The zero-order valence-electron chi connectivity index (χ0n) is 7.80. The van der Waals surface area contributed by atoms with Crippen LogP contribution in [0.3, 0.4) is 0 Å². The molecule has 17 heavy (non-hydrogen) atoms. The molecule has 0 unspecified atom stereocenters. The van der Waals surface area contributed by atoms with Gasteiger partial charge in [-0.2, -0.15) is 0 Å². The highest BCUT2D eigenvalue weighted by atomic mass is 127. The van der Waals surface area contributed by atoms with E-state index in [4.69, 9.17) is 5.14 Å². The minimum atomic E-state index is -4.48. The Morgan fingerprint density at radius 3 is 2.41 bits per heavy atom. The van der Waals surface area contributed by atoms with Crippen molar-refractivity contribution >= 4 is 38.3 Å². The van der Waals surface area contributed by atoms with Crippen molar-refractivity contribution in [2.75, 3.05) is 0 Å². The van der Waals surface area contributed by atoms with E-state index in [1.165, 1.54) is 22.6 Å². The lowest BCUT2D eigenvalue weighted by atomic mass is 10.3. The standard InChI is InChI=1S/C6H4F2IN3O4S/c7-6(8)4-5(12(13)14)2(17(10,15)16)1-3(9)11-4/h1,6H,(H2,10,15,16). The first-order valence-electron chi connectivity index (χ1n) is 3.80. The van der Waals surface area contributed by atoms with Crippen LogP contribution < -0.4 is 5.14 Å². The molecular formula is C6H4F2IN3O4S. The van der Waals surface area contributed by atoms with Gasteiger partial charge >= 0.3 is 5.69 Å². The number of hydrogen-bond donors (Lipinski definition) is 1. The third kappa shape index (κ3) is 3.04. The Morgan fingerprint density at radius 1 is 1.53 bits per heavy atom. The topological polar surface area (TPSA) is 116 Å². The molecule has 0 bridgehead atoms. The summed E-state index contributed by atoms with van der Waals surface area (Å²) in [6, 6.07) is 0.764. The Hall–Kier alpha value is -0.950. The van der Waals surface area contributed by atoms with Crippen LogP contribution in [0.1, 0.15) is 12.1 Å². The summed E-state index contributed by atoms with van der Waals surface area (Å²) in [5.74, 6) is 0. The predicted molar refractivity (Wildman–Crippen MR) is 59.9 cm³/mol. The van der Waals surface area contributed by atoms with Crippen LogP contribution in [0.5, 0.6) is 0 Å². The fourth-order valence-corrected chi connectivity index (χ4v) is 2.56. The van der Waals surface area contributed by atoms with E-state index in [-0.39, 0.29) is 3.70 Å². The Bertz CT molecular complexity index is 577. The summed E-state index contributed by atoms with van der Waals surface area (Å²) in [7, 11) is -4.48. The number of sulfonamides is 1. The van der Waals surface area contributed by atoms with E-state index in [0.717, 1.165) is 6.07 Å². The van der Waals surface area contributed by atoms with Gasteiger partial charge in [0.2, 0.25) is 10.0 Å². The highest BCUT2D eigenvalue weighted by Gasteiger charge is 2.33. The van der Waals surface area contributed by atoms with Crippen molar-refractivity contribution in [3.63, 3.8) is 0 Å². The molecule has 0 spiro atoms. The SMILES string of the molecule is NS(=O)(=O)c1cc(I)nc(C(F)F)c1[N+](=O)[O-]. The molecule has 0 radical (unpaired) electrons. The van der Waals surface area contributed by atoms with Gasteiger partial charge in [0.1, 0.15) is 3.70 Å². The molecule has 0 fully saturated rings. The van der Waals surface area contributed by atoms with E-state index in [2.05, 4.69) is 4.98 Å². The van der Waals surface area contributed by atoms with Gasteiger partial charge in [-0.25, -0.2) is 27.3 Å². The molecule has 0 aliphatic rings. The number of primary sulfonamides is 1. The maximum absolute atomic E-state index is 12.5. The molecular weight excluding hydrogens is 375 g/mol. The first kappa shape index (κ1) is 14.1. The average molecular weight is 379 g/mol. The highest BCUT2D eigenvalue weighted by molar-refractivity contribution is 14.1. The van der Waals surface area contributed by atoms with Crippen LogP contribution >= 0.6 is 22.6 Å². The van der Waals surface area contributed by atoms with E-state index in [0.29, 0.717) is 0 Å². The van der Waals surface area contributed by atoms with Gasteiger partial charge in [0.15, 0.2) is 10.6 Å². The molecule has 0 aromatic carbocycles. The minimum absolute atomic E-state index is 0.132. The van der Waals surface area contributed by atoms with E-state index in [9.17, 15) is 27.3 Å². The summed E-state index contributed by atoms with van der Waals surface area (Å²) in [6.45, 7) is 0. The molecule has 1 aromatic heterocycles. The van der Waals surface area contributed by atoms with Crippen LogP contribution in [0.2, 0.25) is 0 Å². The van der Waals surface area contributed by atoms with E-state index in [1.807, 2.05) is 0 Å². The lowest BCUT2D eigenvalue weighted by Crippen LogP contribution is -2.16. The van der Waals surface area contributed by atoms with Crippen LogP contribution in [-0.2, 0) is 10.0 Å². The van der Waals surface area contributed by atoms with Crippen LogP contribution in [0.15, 0.2) is 11.0 Å². The lowest BCUT2D eigenvalue weighted by Gasteiger charge is -2.05. The molecule has 94 valence electrons. The quantitative estimate of drug-likeness (QED) is 0.366. The lowest BCUT2D eigenvalue weighted by molar-refractivity contribution is -0.389. The second kappa shape index (κ2) is 4.73. The normalized spacial score (nSPS) is 11.8. The van der Waals surface area contributed by atoms with Crippen molar-refractivity contribution in [3.05, 3.63) is 25.6 Å². The largest absolute Gasteiger partial charge is 0.316 e. The first-order valence-corrected chi connectivity index (χ1v) is 6.43. The molecule has 1 aromatic rings. The molecule has 0 aliphatic carbocycles. The summed E-state index contributed by atoms with van der Waals surface area (Å²) < 4.78 is 47.1. The summed E-state index contributed by atoms with van der Waals surface area (Å²) in [5, 5.41) is 15.3. The third-order valence-electron chi connectivity index (χ3n) is 1.65.